The number of rotatable bonds is 4. The van der Waals surface area contributed by atoms with E-state index < -0.39 is 5.60 Å². The van der Waals surface area contributed by atoms with E-state index in [-0.39, 0.29) is 12.1 Å². The number of hydrogen-bond acceptors (Lipinski definition) is 5. The van der Waals surface area contributed by atoms with Crippen LogP contribution in [0.4, 0.5) is 10.6 Å². The van der Waals surface area contributed by atoms with Crippen LogP contribution in [0.2, 0.25) is 0 Å². The Hall–Kier alpha value is -1.85. The topological polar surface area (TPSA) is 67.4 Å². The molecule has 0 aromatic carbocycles. The number of ether oxygens (including phenoxy) is 1. The van der Waals surface area contributed by atoms with E-state index in [2.05, 4.69) is 29.1 Å². The molecular formula is C18H30N4O2. The van der Waals surface area contributed by atoms with Gasteiger partial charge in [0.2, 0.25) is 0 Å². The van der Waals surface area contributed by atoms with Gasteiger partial charge in [0.25, 0.3) is 0 Å². The maximum Gasteiger partial charge on any atom is 0.410 e. The first-order valence-electron chi connectivity index (χ1n) is 8.78. The predicted molar refractivity (Wildman–Crippen MR) is 95.0 cm³/mol. The minimum Gasteiger partial charge on any atom is -0.444 e. The quantitative estimate of drug-likeness (QED) is 0.913. The number of likely N-dealkylation sites (tertiary alicyclic amines) is 1. The van der Waals surface area contributed by atoms with Crippen LogP contribution in [0.15, 0.2) is 12.4 Å². The van der Waals surface area contributed by atoms with E-state index in [0.717, 1.165) is 37.3 Å². The van der Waals surface area contributed by atoms with Crippen LogP contribution < -0.4 is 5.32 Å². The zero-order valence-corrected chi connectivity index (χ0v) is 15.5. The Bertz CT molecular complexity index is 554. The molecule has 24 heavy (non-hydrogen) atoms. The molecule has 6 heteroatoms. The summed E-state index contributed by atoms with van der Waals surface area (Å²) in [7, 11) is 0. The Kier molecular flexibility index (Phi) is 6.02. The van der Waals surface area contributed by atoms with Crippen molar-refractivity contribution in [2.24, 2.45) is 5.92 Å². The molecule has 1 amide bonds. The van der Waals surface area contributed by atoms with Crippen LogP contribution in [-0.4, -0.2) is 45.7 Å². The Morgan fingerprint density at radius 2 is 2.17 bits per heavy atom. The van der Waals surface area contributed by atoms with Gasteiger partial charge in [0, 0.05) is 30.9 Å². The average Bonchev–Trinajstić information content (AvgIpc) is 2.45. The van der Waals surface area contributed by atoms with Crippen LogP contribution in [0.5, 0.6) is 0 Å². The number of piperidine rings is 1. The van der Waals surface area contributed by atoms with Crippen LogP contribution in [0.3, 0.4) is 0 Å². The minimum absolute atomic E-state index is 0.188. The summed E-state index contributed by atoms with van der Waals surface area (Å²) < 4.78 is 5.47. The van der Waals surface area contributed by atoms with Crippen molar-refractivity contribution >= 4 is 11.9 Å². The van der Waals surface area contributed by atoms with Crippen molar-refractivity contribution in [1.82, 2.24) is 14.9 Å². The highest BCUT2D eigenvalue weighted by Crippen LogP contribution is 2.18. The standard InChI is InChI=1S/C18H30N4O2/c1-13(2)9-15-10-16(20-12-19-15)21-14-7-6-8-22(11-14)17(23)24-18(3,4)5/h10,12-14H,6-9,11H2,1-5H3,(H,19,20,21). The summed E-state index contributed by atoms with van der Waals surface area (Å²) in [6.45, 7) is 11.4. The van der Waals surface area contributed by atoms with Gasteiger partial charge in [-0.25, -0.2) is 14.8 Å². The first-order chi connectivity index (χ1) is 11.2. The molecule has 1 unspecified atom stereocenters. The van der Waals surface area contributed by atoms with Gasteiger partial charge in [0.15, 0.2) is 0 Å². The monoisotopic (exact) mass is 334 g/mol. The fourth-order valence-electron chi connectivity index (χ4n) is 2.80. The fourth-order valence-corrected chi connectivity index (χ4v) is 2.80. The van der Waals surface area contributed by atoms with Crippen molar-refractivity contribution in [2.75, 3.05) is 18.4 Å². The zero-order chi connectivity index (χ0) is 17.7. The van der Waals surface area contributed by atoms with Crippen molar-refractivity contribution in [1.29, 1.82) is 0 Å². The van der Waals surface area contributed by atoms with Crippen molar-refractivity contribution in [3.05, 3.63) is 18.1 Å². The summed E-state index contributed by atoms with van der Waals surface area (Å²) in [5.74, 6) is 1.39. The number of anilines is 1. The van der Waals surface area contributed by atoms with Gasteiger partial charge in [-0.1, -0.05) is 13.8 Å². The summed E-state index contributed by atoms with van der Waals surface area (Å²) in [5.41, 5.74) is 0.581. The van der Waals surface area contributed by atoms with E-state index in [9.17, 15) is 4.79 Å². The number of carbonyl (C=O) groups excluding carboxylic acids is 1. The molecule has 1 N–H and O–H groups in total. The molecule has 2 heterocycles. The third-order valence-corrected chi connectivity index (χ3v) is 3.77. The van der Waals surface area contributed by atoms with Crippen LogP contribution in [-0.2, 0) is 11.2 Å². The Balaban J connectivity index is 1.94. The van der Waals surface area contributed by atoms with Gasteiger partial charge in [-0.05, 0) is 46.0 Å². The zero-order valence-electron chi connectivity index (χ0n) is 15.5. The number of aromatic nitrogens is 2. The van der Waals surface area contributed by atoms with Crippen molar-refractivity contribution < 1.29 is 9.53 Å². The molecule has 1 aliphatic heterocycles. The average molecular weight is 334 g/mol. The molecule has 1 fully saturated rings. The van der Waals surface area contributed by atoms with E-state index in [0.29, 0.717) is 12.5 Å². The SMILES string of the molecule is CC(C)Cc1cc(NC2CCCN(C(=O)OC(C)(C)C)C2)ncn1. The van der Waals surface area contributed by atoms with Crippen molar-refractivity contribution in [2.45, 2.75) is 65.5 Å². The molecule has 1 saturated heterocycles. The van der Waals surface area contributed by atoms with E-state index in [1.54, 1.807) is 11.2 Å². The molecule has 0 saturated carbocycles. The molecular weight excluding hydrogens is 304 g/mol. The molecule has 134 valence electrons. The normalized spacial score (nSPS) is 18.6. The maximum absolute atomic E-state index is 12.2. The smallest absolute Gasteiger partial charge is 0.410 e. The van der Waals surface area contributed by atoms with E-state index in [4.69, 9.17) is 4.74 Å². The number of hydrogen-bond donors (Lipinski definition) is 1. The summed E-state index contributed by atoms with van der Waals surface area (Å²) in [6.07, 6.45) is 4.28. The van der Waals surface area contributed by atoms with E-state index in [1.807, 2.05) is 26.8 Å². The second-order valence-corrected chi connectivity index (χ2v) is 7.90. The van der Waals surface area contributed by atoms with Gasteiger partial charge in [-0.15, -0.1) is 0 Å². The van der Waals surface area contributed by atoms with Crippen LogP contribution in [0.25, 0.3) is 0 Å². The van der Waals surface area contributed by atoms with Gasteiger partial charge < -0.3 is 15.0 Å². The molecule has 0 bridgehead atoms. The molecule has 0 spiro atoms. The lowest BCUT2D eigenvalue weighted by molar-refractivity contribution is 0.0206. The van der Waals surface area contributed by atoms with Crippen molar-refractivity contribution in [3.8, 4) is 0 Å². The highest BCUT2D eigenvalue weighted by molar-refractivity contribution is 5.68. The first-order valence-corrected chi connectivity index (χ1v) is 8.78. The van der Waals surface area contributed by atoms with E-state index in [1.165, 1.54) is 0 Å². The summed E-state index contributed by atoms with van der Waals surface area (Å²) in [5, 5.41) is 3.44. The van der Waals surface area contributed by atoms with Crippen molar-refractivity contribution in [3.63, 3.8) is 0 Å². The lowest BCUT2D eigenvalue weighted by Gasteiger charge is -2.34. The maximum atomic E-state index is 12.2. The van der Waals surface area contributed by atoms with Gasteiger partial charge in [0.1, 0.15) is 17.7 Å². The van der Waals surface area contributed by atoms with Gasteiger partial charge >= 0.3 is 6.09 Å². The van der Waals surface area contributed by atoms with Crippen LogP contribution >= 0.6 is 0 Å². The Morgan fingerprint density at radius 3 is 2.83 bits per heavy atom. The molecule has 0 aliphatic carbocycles. The van der Waals surface area contributed by atoms with Crippen LogP contribution in [0.1, 0.15) is 53.2 Å². The number of nitrogens with zero attached hydrogens (tertiary/aromatic N) is 3. The van der Waals surface area contributed by atoms with Gasteiger partial charge in [-0.3, -0.25) is 0 Å². The second-order valence-electron chi connectivity index (χ2n) is 7.90. The molecule has 1 aromatic heterocycles. The molecule has 1 aliphatic rings. The summed E-state index contributed by atoms with van der Waals surface area (Å²) in [4.78, 5) is 22.7. The third kappa shape index (κ3) is 5.98. The third-order valence-electron chi connectivity index (χ3n) is 3.77. The predicted octanol–water partition coefficient (Wildman–Crippen LogP) is 3.49. The first kappa shape index (κ1) is 18.5. The van der Waals surface area contributed by atoms with Gasteiger partial charge in [-0.2, -0.15) is 0 Å². The Labute approximate surface area is 145 Å². The van der Waals surface area contributed by atoms with E-state index >= 15 is 0 Å². The Morgan fingerprint density at radius 1 is 1.42 bits per heavy atom. The molecule has 1 aromatic rings. The number of carbonyl (C=O) groups is 1. The lowest BCUT2D eigenvalue weighted by atomic mass is 10.1. The largest absolute Gasteiger partial charge is 0.444 e. The number of nitrogens with one attached hydrogen (secondary N) is 1. The number of amides is 1. The fraction of sp³-hybridized carbons (Fsp3) is 0.722. The summed E-state index contributed by atoms with van der Waals surface area (Å²) in [6, 6.07) is 2.19. The lowest BCUT2D eigenvalue weighted by Crippen LogP contribution is -2.47. The highest BCUT2D eigenvalue weighted by Gasteiger charge is 2.27. The molecule has 0 radical (unpaired) electrons. The second kappa shape index (κ2) is 7.81. The summed E-state index contributed by atoms with van der Waals surface area (Å²) >= 11 is 0. The van der Waals surface area contributed by atoms with Gasteiger partial charge in [0.05, 0.1) is 0 Å². The molecule has 6 nitrogen and oxygen atoms in total. The molecule has 1 atom stereocenters. The van der Waals surface area contributed by atoms with Crippen LogP contribution in [0, 0.1) is 5.92 Å². The highest BCUT2D eigenvalue weighted by atomic mass is 16.6. The molecule has 2 rings (SSSR count). The minimum atomic E-state index is -0.462.